The SMILES string of the molecule is CCOCCCCNC(=NC)NCc1cc2c(cc1OCC)CC(C)O2. The van der Waals surface area contributed by atoms with E-state index < -0.39 is 0 Å². The maximum atomic E-state index is 5.88. The summed E-state index contributed by atoms with van der Waals surface area (Å²) in [6, 6.07) is 4.20. The lowest BCUT2D eigenvalue weighted by molar-refractivity contribution is 0.143. The van der Waals surface area contributed by atoms with Gasteiger partial charge in [0.1, 0.15) is 17.6 Å². The first-order valence-electron chi connectivity index (χ1n) is 9.65. The summed E-state index contributed by atoms with van der Waals surface area (Å²) in [5, 5.41) is 6.70. The van der Waals surface area contributed by atoms with Gasteiger partial charge in [-0.2, -0.15) is 0 Å². The van der Waals surface area contributed by atoms with Gasteiger partial charge in [0.15, 0.2) is 5.96 Å². The minimum atomic E-state index is 0.230. The molecule has 1 unspecified atom stereocenters. The quantitative estimate of drug-likeness (QED) is 0.380. The molecule has 6 heteroatoms. The van der Waals surface area contributed by atoms with Crippen LogP contribution in [0.1, 0.15) is 44.7 Å². The summed E-state index contributed by atoms with van der Waals surface area (Å²) < 4.78 is 17.1. The molecule has 1 aromatic rings. The largest absolute Gasteiger partial charge is 0.494 e. The number of fused-ring (bicyclic) bond motifs is 1. The van der Waals surface area contributed by atoms with Crippen LogP contribution in [0.15, 0.2) is 17.1 Å². The molecule has 1 heterocycles. The topological polar surface area (TPSA) is 64.1 Å². The van der Waals surface area contributed by atoms with E-state index in [4.69, 9.17) is 14.2 Å². The van der Waals surface area contributed by atoms with Gasteiger partial charge in [-0.25, -0.2) is 0 Å². The Morgan fingerprint density at radius 2 is 2.08 bits per heavy atom. The summed E-state index contributed by atoms with van der Waals surface area (Å²) in [6.07, 6.45) is 3.27. The number of nitrogens with one attached hydrogen (secondary N) is 2. The second kappa shape index (κ2) is 10.9. The third-order valence-corrected chi connectivity index (χ3v) is 4.26. The van der Waals surface area contributed by atoms with Crippen LogP contribution in [0.25, 0.3) is 0 Å². The minimum Gasteiger partial charge on any atom is -0.494 e. The fraction of sp³-hybridized carbons (Fsp3) is 0.650. The molecule has 0 saturated heterocycles. The molecular formula is C20H33N3O3. The third-order valence-electron chi connectivity index (χ3n) is 4.26. The van der Waals surface area contributed by atoms with E-state index in [0.717, 1.165) is 62.0 Å². The van der Waals surface area contributed by atoms with Gasteiger partial charge in [0.25, 0.3) is 0 Å². The molecule has 0 saturated carbocycles. The van der Waals surface area contributed by atoms with E-state index in [2.05, 4.69) is 34.7 Å². The number of aliphatic imine (C=N–C) groups is 1. The number of guanidine groups is 1. The maximum Gasteiger partial charge on any atom is 0.191 e. The molecule has 0 bridgehead atoms. The molecule has 146 valence electrons. The van der Waals surface area contributed by atoms with Crippen molar-refractivity contribution in [2.24, 2.45) is 4.99 Å². The molecule has 26 heavy (non-hydrogen) atoms. The predicted molar refractivity (Wildman–Crippen MR) is 105 cm³/mol. The van der Waals surface area contributed by atoms with Gasteiger partial charge >= 0.3 is 0 Å². The Balaban J connectivity index is 1.87. The van der Waals surface area contributed by atoms with Crippen molar-refractivity contribution in [2.75, 3.05) is 33.4 Å². The zero-order valence-corrected chi connectivity index (χ0v) is 16.6. The summed E-state index contributed by atoms with van der Waals surface area (Å²) in [7, 11) is 1.78. The fourth-order valence-corrected chi connectivity index (χ4v) is 2.99. The molecule has 0 fully saturated rings. The van der Waals surface area contributed by atoms with E-state index in [1.54, 1.807) is 7.05 Å². The number of hydrogen-bond acceptors (Lipinski definition) is 4. The van der Waals surface area contributed by atoms with E-state index in [9.17, 15) is 0 Å². The van der Waals surface area contributed by atoms with Crippen LogP contribution in [0.2, 0.25) is 0 Å². The van der Waals surface area contributed by atoms with Crippen molar-refractivity contribution in [1.29, 1.82) is 0 Å². The lowest BCUT2D eigenvalue weighted by Crippen LogP contribution is -2.37. The summed E-state index contributed by atoms with van der Waals surface area (Å²) in [5.41, 5.74) is 2.31. The minimum absolute atomic E-state index is 0.230. The highest BCUT2D eigenvalue weighted by atomic mass is 16.5. The summed E-state index contributed by atoms with van der Waals surface area (Å²) in [5.74, 6) is 2.68. The van der Waals surface area contributed by atoms with Crippen molar-refractivity contribution in [2.45, 2.75) is 52.7 Å². The first kappa shape index (κ1) is 20.4. The smallest absolute Gasteiger partial charge is 0.191 e. The standard InChI is InChI=1S/C20H33N3O3/c1-5-24-10-8-7-9-22-20(21-4)23-14-17-13-19-16(11-15(3)26-19)12-18(17)25-6-2/h12-13,15H,5-11,14H2,1-4H3,(H2,21,22,23). The van der Waals surface area contributed by atoms with Crippen molar-refractivity contribution in [1.82, 2.24) is 10.6 Å². The third kappa shape index (κ3) is 6.09. The van der Waals surface area contributed by atoms with E-state index in [1.807, 2.05) is 13.8 Å². The molecule has 0 radical (unpaired) electrons. The molecule has 1 aliphatic rings. The lowest BCUT2D eigenvalue weighted by Gasteiger charge is -2.15. The van der Waals surface area contributed by atoms with Crippen LogP contribution >= 0.6 is 0 Å². The first-order chi connectivity index (χ1) is 12.7. The molecule has 0 spiro atoms. The van der Waals surface area contributed by atoms with Crippen LogP contribution in [0, 0.1) is 0 Å². The zero-order chi connectivity index (χ0) is 18.8. The van der Waals surface area contributed by atoms with Gasteiger partial charge in [-0.1, -0.05) is 0 Å². The highest BCUT2D eigenvalue weighted by Crippen LogP contribution is 2.35. The molecule has 2 N–H and O–H groups in total. The molecule has 2 rings (SSSR count). The summed E-state index contributed by atoms with van der Waals surface area (Å²) in [6.45, 7) is 9.87. The van der Waals surface area contributed by atoms with Crippen LogP contribution in [0.3, 0.4) is 0 Å². The van der Waals surface area contributed by atoms with Crippen LogP contribution in [-0.2, 0) is 17.7 Å². The van der Waals surface area contributed by atoms with Crippen LogP contribution in [-0.4, -0.2) is 45.5 Å². The zero-order valence-electron chi connectivity index (χ0n) is 16.6. The molecular weight excluding hydrogens is 330 g/mol. The van der Waals surface area contributed by atoms with Crippen molar-refractivity contribution in [3.05, 3.63) is 23.3 Å². The predicted octanol–water partition coefficient (Wildman–Crippen LogP) is 2.89. The van der Waals surface area contributed by atoms with Gasteiger partial charge in [-0.3, -0.25) is 4.99 Å². The fourth-order valence-electron chi connectivity index (χ4n) is 2.99. The van der Waals surface area contributed by atoms with Gasteiger partial charge < -0.3 is 24.8 Å². The first-order valence-corrected chi connectivity index (χ1v) is 9.65. The van der Waals surface area contributed by atoms with Crippen LogP contribution in [0.5, 0.6) is 11.5 Å². The molecule has 1 aromatic carbocycles. The van der Waals surface area contributed by atoms with Crippen molar-refractivity contribution >= 4 is 5.96 Å². The number of benzene rings is 1. The monoisotopic (exact) mass is 363 g/mol. The highest BCUT2D eigenvalue weighted by molar-refractivity contribution is 5.79. The molecule has 0 amide bonds. The van der Waals surface area contributed by atoms with E-state index >= 15 is 0 Å². The number of hydrogen-bond donors (Lipinski definition) is 2. The number of unbranched alkanes of at least 4 members (excludes halogenated alkanes) is 1. The Kier molecular flexibility index (Phi) is 8.54. The number of nitrogens with zero attached hydrogens (tertiary/aromatic N) is 1. The Morgan fingerprint density at radius 1 is 1.23 bits per heavy atom. The number of ether oxygens (including phenoxy) is 3. The molecule has 0 aliphatic carbocycles. The molecule has 1 aliphatic heterocycles. The molecule has 6 nitrogen and oxygen atoms in total. The Bertz CT molecular complexity index is 590. The van der Waals surface area contributed by atoms with E-state index in [1.165, 1.54) is 5.56 Å². The van der Waals surface area contributed by atoms with Crippen molar-refractivity contribution in [3.8, 4) is 11.5 Å². The van der Waals surface area contributed by atoms with E-state index in [-0.39, 0.29) is 6.10 Å². The van der Waals surface area contributed by atoms with Gasteiger partial charge in [0.05, 0.1) is 6.61 Å². The molecule has 0 aromatic heterocycles. The Morgan fingerprint density at radius 3 is 2.81 bits per heavy atom. The lowest BCUT2D eigenvalue weighted by atomic mass is 10.1. The summed E-state index contributed by atoms with van der Waals surface area (Å²) in [4.78, 5) is 4.29. The van der Waals surface area contributed by atoms with Crippen molar-refractivity contribution in [3.63, 3.8) is 0 Å². The Hall–Kier alpha value is -1.95. The average Bonchev–Trinajstić information content (AvgIpc) is 2.99. The van der Waals surface area contributed by atoms with Gasteiger partial charge in [0, 0.05) is 50.9 Å². The van der Waals surface area contributed by atoms with Gasteiger partial charge in [-0.05, 0) is 45.7 Å². The van der Waals surface area contributed by atoms with Crippen LogP contribution < -0.4 is 20.1 Å². The Labute approximate surface area is 157 Å². The normalized spacial score (nSPS) is 16.2. The molecule has 1 atom stereocenters. The average molecular weight is 364 g/mol. The van der Waals surface area contributed by atoms with Crippen LogP contribution in [0.4, 0.5) is 0 Å². The highest BCUT2D eigenvalue weighted by Gasteiger charge is 2.21. The summed E-state index contributed by atoms with van der Waals surface area (Å²) >= 11 is 0. The van der Waals surface area contributed by atoms with Crippen molar-refractivity contribution < 1.29 is 14.2 Å². The van der Waals surface area contributed by atoms with Gasteiger partial charge in [-0.15, -0.1) is 0 Å². The maximum absolute atomic E-state index is 5.88. The number of rotatable bonds is 10. The second-order valence-electron chi connectivity index (χ2n) is 6.39. The van der Waals surface area contributed by atoms with E-state index in [0.29, 0.717) is 13.2 Å². The second-order valence-corrected chi connectivity index (χ2v) is 6.39. The van der Waals surface area contributed by atoms with Gasteiger partial charge in [0.2, 0.25) is 0 Å².